The number of unbranched alkanes of at least 4 members (excludes halogenated alkanes) is 1. The fourth-order valence-electron chi connectivity index (χ4n) is 3.29. The summed E-state index contributed by atoms with van der Waals surface area (Å²) in [6.07, 6.45) is 4.92. The molecule has 138 valence electrons. The molecule has 0 bridgehead atoms. The van der Waals surface area contributed by atoms with Gasteiger partial charge in [-0.05, 0) is 55.1 Å². The molecule has 2 aromatic heterocycles. The number of benzene rings is 2. The van der Waals surface area contributed by atoms with Crippen LogP contribution in [0.25, 0.3) is 21.6 Å². The highest BCUT2D eigenvalue weighted by molar-refractivity contribution is 7.13. The van der Waals surface area contributed by atoms with Crippen LogP contribution in [-0.2, 0) is 13.0 Å². The fourth-order valence-corrected chi connectivity index (χ4v) is 3.96. The van der Waals surface area contributed by atoms with E-state index in [1.54, 1.807) is 11.3 Å². The number of fused-ring (bicyclic) bond motifs is 1. The minimum atomic E-state index is 0.568. The molecule has 0 unspecified atom stereocenters. The van der Waals surface area contributed by atoms with Crippen LogP contribution in [0.1, 0.15) is 24.0 Å². The van der Waals surface area contributed by atoms with Crippen molar-refractivity contribution in [2.45, 2.75) is 25.9 Å². The maximum atomic E-state index is 6.03. The molecule has 2 heterocycles. The molecule has 4 nitrogen and oxygen atoms in total. The Morgan fingerprint density at radius 2 is 1.96 bits per heavy atom. The van der Waals surface area contributed by atoms with Crippen molar-refractivity contribution in [1.29, 1.82) is 0 Å². The summed E-state index contributed by atoms with van der Waals surface area (Å²) in [7, 11) is 0. The van der Waals surface area contributed by atoms with Gasteiger partial charge in [-0.15, -0.1) is 11.3 Å². The van der Waals surface area contributed by atoms with E-state index in [0.717, 1.165) is 47.8 Å². The summed E-state index contributed by atoms with van der Waals surface area (Å²) in [4.78, 5) is 8.06. The number of H-pyrrole nitrogens is 1. The van der Waals surface area contributed by atoms with Crippen LogP contribution in [0.5, 0.6) is 5.75 Å². The number of nitrogens with one attached hydrogen (secondary N) is 1. The molecular formula is C22H23N3OS. The third kappa shape index (κ3) is 4.04. The zero-order valence-electron chi connectivity index (χ0n) is 15.2. The Balaban J connectivity index is 1.65. The number of ether oxygens (including phenoxy) is 1. The van der Waals surface area contributed by atoms with Gasteiger partial charge in [-0.25, -0.2) is 4.98 Å². The average molecular weight is 378 g/mol. The van der Waals surface area contributed by atoms with E-state index in [0.29, 0.717) is 6.61 Å². The van der Waals surface area contributed by atoms with Crippen LogP contribution in [0, 0.1) is 0 Å². The third-order valence-corrected chi connectivity index (χ3v) is 5.44. The van der Waals surface area contributed by atoms with Gasteiger partial charge in [0, 0.05) is 22.5 Å². The lowest BCUT2D eigenvalue weighted by molar-refractivity contribution is 0.306. The Hall–Kier alpha value is -2.63. The highest BCUT2D eigenvalue weighted by Gasteiger charge is 2.15. The van der Waals surface area contributed by atoms with Gasteiger partial charge in [-0.1, -0.05) is 30.3 Å². The number of hydrogen-bond acceptors (Lipinski definition) is 4. The normalized spacial score (nSPS) is 11.1. The second-order valence-corrected chi connectivity index (χ2v) is 7.44. The number of aromatic nitrogens is 2. The zero-order chi connectivity index (χ0) is 18.5. The highest BCUT2D eigenvalue weighted by atomic mass is 32.1. The van der Waals surface area contributed by atoms with Crippen LogP contribution in [0.4, 0.5) is 0 Å². The Kier molecular flexibility index (Phi) is 5.51. The average Bonchev–Trinajstić information content (AvgIpc) is 3.35. The number of hydrogen-bond donors (Lipinski definition) is 2. The Morgan fingerprint density at radius 1 is 1.07 bits per heavy atom. The minimum absolute atomic E-state index is 0.568. The van der Waals surface area contributed by atoms with Crippen LogP contribution in [0.2, 0.25) is 0 Å². The van der Waals surface area contributed by atoms with Crippen molar-refractivity contribution < 1.29 is 4.74 Å². The summed E-state index contributed by atoms with van der Waals surface area (Å²) < 4.78 is 6.03. The van der Waals surface area contributed by atoms with Gasteiger partial charge >= 0.3 is 0 Å². The predicted molar refractivity (Wildman–Crippen MR) is 112 cm³/mol. The van der Waals surface area contributed by atoms with E-state index in [-0.39, 0.29) is 0 Å². The summed E-state index contributed by atoms with van der Waals surface area (Å²) in [6.45, 7) is 1.29. The van der Waals surface area contributed by atoms with Crippen LogP contribution >= 0.6 is 11.3 Å². The second kappa shape index (κ2) is 8.37. The SMILES string of the molecule is NCCCCc1c(-c2nccs2)[nH]c2ccc(OCc3ccccc3)cc12. The lowest BCUT2D eigenvalue weighted by Gasteiger charge is -2.07. The number of thiazole rings is 1. The molecule has 0 spiro atoms. The first-order valence-electron chi connectivity index (χ1n) is 9.26. The maximum Gasteiger partial charge on any atom is 0.139 e. The fraction of sp³-hybridized carbons (Fsp3) is 0.227. The molecule has 0 fully saturated rings. The molecule has 3 N–H and O–H groups in total. The molecule has 5 heteroatoms. The van der Waals surface area contributed by atoms with Crippen LogP contribution in [0.3, 0.4) is 0 Å². The van der Waals surface area contributed by atoms with E-state index in [1.165, 1.54) is 16.5 Å². The van der Waals surface area contributed by atoms with Crippen molar-refractivity contribution in [3.05, 3.63) is 71.2 Å². The van der Waals surface area contributed by atoms with Crippen LogP contribution in [0.15, 0.2) is 60.1 Å². The minimum Gasteiger partial charge on any atom is -0.489 e. The summed E-state index contributed by atoms with van der Waals surface area (Å²) in [5.41, 5.74) is 10.4. The van der Waals surface area contributed by atoms with Gasteiger partial charge in [-0.2, -0.15) is 0 Å². The monoisotopic (exact) mass is 377 g/mol. The zero-order valence-corrected chi connectivity index (χ0v) is 16.0. The molecule has 2 aromatic carbocycles. The maximum absolute atomic E-state index is 6.03. The number of rotatable bonds is 8. The van der Waals surface area contributed by atoms with Gasteiger partial charge in [0.1, 0.15) is 17.4 Å². The number of aromatic amines is 1. The smallest absolute Gasteiger partial charge is 0.139 e. The largest absolute Gasteiger partial charge is 0.489 e. The molecule has 4 aromatic rings. The van der Waals surface area contributed by atoms with E-state index in [2.05, 4.69) is 34.2 Å². The quantitative estimate of drug-likeness (QED) is 0.417. The van der Waals surface area contributed by atoms with Crippen molar-refractivity contribution in [3.8, 4) is 16.5 Å². The number of nitrogens with two attached hydrogens (primary N) is 1. The summed E-state index contributed by atoms with van der Waals surface area (Å²) >= 11 is 1.66. The molecule has 0 aliphatic carbocycles. The molecule has 27 heavy (non-hydrogen) atoms. The van der Waals surface area contributed by atoms with Crippen LogP contribution < -0.4 is 10.5 Å². The Labute approximate surface area is 163 Å². The first kappa shape index (κ1) is 17.8. The van der Waals surface area contributed by atoms with E-state index in [4.69, 9.17) is 10.5 Å². The topological polar surface area (TPSA) is 63.9 Å². The first-order valence-corrected chi connectivity index (χ1v) is 10.1. The van der Waals surface area contributed by atoms with E-state index in [9.17, 15) is 0 Å². The predicted octanol–water partition coefficient (Wildman–Crippen LogP) is 5.15. The molecular weight excluding hydrogens is 354 g/mol. The van der Waals surface area contributed by atoms with Crippen molar-refractivity contribution in [2.24, 2.45) is 5.73 Å². The molecule has 0 amide bonds. The molecule has 0 atom stereocenters. The van der Waals surface area contributed by atoms with Crippen LogP contribution in [-0.4, -0.2) is 16.5 Å². The molecule has 0 aliphatic heterocycles. The summed E-state index contributed by atoms with van der Waals surface area (Å²) in [6, 6.07) is 16.5. The van der Waals surface area contributed by atoms with Gasteiger partial charge in [0.2, 0.25) is 0 Å². The van der Waals surface area contributed by atoms with Gasteiger partial charge in [0.25, 0.3) is 0 Å². The molecule has 4 rings (SSSR count). The van der Waals surface area contributed by atoms with Crippen molar-refractivity contribution in [3.63, 3.8) is 0 Å². The molecule has 0 saturated heterocycles. The number of aryl methyl sites for hydroxylation is 1. The van der Waals surface area contributed by atoms with Crippen molar-refractivity contribution >= 4 is 22.2 Å². The molecule has 0 saturated carbocycles. The summed E-state index contributed by atoms with van der Waals surface area (Å²) in [5, 5.41) is 4.25. The number of nitrogens with zero attached hydrogens (tertiary/aromatic N) is 1. The Morgan fingerprint density at radius 3 is 2.74 bits per heavy atom. The van der Waals surface area contributed by atoms with Gasteiger partial charge < -0.3 is 15.5 Å². The van der Waals surface area contributed by atoms with Gasteiger partial charge in [-0.3, -0.25) is 0 Å². The third-order valence-electron chi connectivity index (χ3n) is 4.65. The molecule has 0 radical (unpaired) electrons. The summed E-state index contributed by atoms with van der Waals surface area (Å²) in [5.74, 6) is 0.885. The van der Waals surface area contributed by atoms with Crippen molar-refractivity contribution in [1.82, 2.24) is 9.97 Å². The lowest BCUT2D eigenvalue weighted by Crippen LogP contribution is -1.99. The van der Waals surface area contributed by atoms with Crippen molar-refractivity contribution in [2.75, 3.05) is 6.54 Å². The van der Waals surface area contributed by atoms with Gasteiger partial charge in [0.15, 0.2) is 0 Å². The van der Waals surface area contributed by atoms with E-state index < -0.39 is 0 Å². The highest BCUT2D eigenvalue weighted by Crippen LogP contribution is 2.34. The first-order chi connectivity index (χ1) is 13.3. The Bertz CT molecular complexity index is 993. The lowest BCUT2D eigenvalue weighted by atomic mass is 10.0. The van der Waals surface area contributed by atoms with Gasteiger partial charge in [0.05, 0.1) is 5.69 Å². The second-order valence-electron chi connectivity index (χ2n) is 6.54. The molecule has 0 aliphatic rings. The standard InChI is InChI=1S/C22H23N3OS/c23-11-5-4-8-18-19-14-17(26-15-16-6-2-1-3-7-16)9-10-20(19)25-21(18)22-24-12-13-27-22/h1-3,6-7,9-10,12-14,25H,4-5,8,11,15,23H2. The van der Waals surface area contributed by atoms with E-state index in [1.807, 2.05) is 35.8 Å². The van der Waals surface area contributed by atoms with E-state index >= 15 is 0 Å².